The van der Waals surface area contributed by atoms with E-state index in [1.807, 2.05) is 30.3 Å². The molecule has 0 radical (unpaired) electrons. The van der Waals surface area contributed by atoms with E-state index in [0.717, 1.165) is 12.1 Å². The molecule has 1 atom stereocenters. The summed E-state index contributed by atoms with van der Waals surface area (Å²) in [6.07, 6.45) is 1.65. The molecule has 0 aromatic heterocycles. The van der Waals surface area contributed by atoms with Gasteiger partial charge in [-0.1, -0.05) is 38.5 Å². The molecule has 76 valence electrons. The molecule has 2 nitrogen and oxygen atoms in total. The van der Waals surface area contributed by atoms with Gasteiger partial charge in [-0.05, 0) is 18.1 Å². The Kier molecular flexibility index (Phi) is 4.17. The maximum Gasteiger partial charge on any atom is 0.224 e. The van der Waals surface area contributed by atoms with E-state index in [1.165, 1.54) is 0 Å². The molecule has 0 aliphatic rings. The van der Waals surface area contributed by atoms with Crippen molar-refractivity contribution in [1.82, 2.24) is 0 Å². The van der Waals surface area contributed by atoms with Gasteiger partial charge in [0.05, 0.1) is 0 Å². The lowest BCUT2D eigenvalue weighted by Gasteiger charge is -2.08. The number of rotatable bonds is 4. The Labute approximate surface area is 85.3 Å². The third kappa shape index (κ3) is 3.60. The van der Waals surface area contributed by atoms with Gasteiger partial charge in [0.1, 0.15) is 0 Å². The Morgan fingerprint density at radius 3 is 2.57 bits per heavy atom. The molecule has 0 saturated carbocycles. The number of carbonyl (C=O) groups is 1. The second-order valence-corrected chi connectivity index (χ2v) is 3.63. The quantitative estimate of drug-likeness (QED) is 0.778. The zero-order valence-electron chi connectivity index (χ0n) is 8.79. The van der Waals surface area contributed by atoms with Gasteiger partial charge in [-0.3, -0.25) is 4.79 Å². The molecule has 0 fully saturated rings. The highest BCUT2D eigenvalue weighted by molar-refractivity contribution is 5.90. The van der Waals surface area contributed by atoms with Gasteiger partial charge in [0, 0.05) is 12.1 Å². The lowest BCUT2D eigenvalue weighted by Crippen LogP contribution is -2.14. The summed E-state index contributed by atoms with van der Waals surface area (Å²) in [5.74, 6) is 0.560. The average Bonchev–Trinajstić information content (AvgIpc) is 2.19. The van der Waals surface area contributed by atoms with Crippen LogP contribution in [0.3, 0.4) is 0 Å². The van der Waals surface area contributed by atoms with Crippen LogP contribution in [0, 0.1) is 5.92 Å². The molecule has 0 saturated heterocycles. The highest BCUT2D eigenvalue weighted by Gasteiger charge is 2.06. The van der Waals surface area contributed by atoms with Crippen molar-refractivity contribution in [3.63, 3.8) is 0 Å². The van der Waals surface area contributed by atoms with Crippen LogP contribution in [-0.2, 0) is 4.79 Å². The predicted molar refractivity (Wildman–Crippen MR) is 59.1 cm³/mol. The number of hydrogen-bond donors (Lipinski definition) is 1. The topological polar surface area (TPSA) is 29.1 Å². The van der Waals surface area contributed by atoms with Gasteiger partial charge in [-0.25, -0.2) is 0 Å². The van der Waals surface area contributed by atoms with Crippen LogP contribution in [-0.4, -0.2) is 5.91 Å². The predicted octanol–water partition coefficient (Wildman–Crippen LogP) is 3.06. The number of amides is 1. The van der Waals surface area contributed by atoms with E-state index in [1.54, 1.807) is 0 Å². The van der Waals surface area contributed by atoms with Gasteiger partial charge in [-0.15, -0.1) is 0 Å². The Morgan fingerprint density at radius 2 is 2.00 bits per heavy atom. The molecule has 1 aromatic carbocycles. The SMILES string of the molecule is CCC(C)CC(=O)Nc1ccccc1. The van der Waals surface area contributed by atoms with E-state index in [0.29, 0.717) is 12.3 Å². The smallest absolute Gasteiger partial charge is 0.224 e. The van der Waals surface area contributed by atoms with E-state index < -0.39 is 0 Å². The molecule has 14 heavy (non-hydrogen) atoms. The van der Waals surface area contributed by atoms with E-state index in [9.17, 15) is 4.79 Å². The van der Waals surface area contributed by atoms with Crippen LogP contribution in [0.2, 0.25) is 0 Å². The van der Waals surface area contributed by atoms with Crippen molar-refractivity contribution in [2.24, 2.45) is 5.92 Å². The molecule has 0 spiro atoms. The Balaban J connectivity index is 2.42. The largest absolute Gasteiger partial charge is 0.326 e. The minimum absolute atomic E-state index is 0.102. The van der Waals surface area contributed by atoms with Crippen LogP contribution in [0.15, 0.2) is 30.3 Å². The van der Waals surface area contributed by atoms with Crippen LogP contribution in [0.1, 0.15) is 26.7 Å². The first-order chi connectivity index (χ1) is 6.72. The van der Waals surface area contributed by atoms with Crippen LogP contribution >= 0.6 is 0 Å². The first-order valence-electron chi connectivity index (χ1n) is 5.07. The average molecular weight is 191 g/mol. The molecule has 0 heterocycles. The number of benzene rings is 1. The zero-order chi connectivity index (χ0) is 10.4. The normalized spacial score (nSPS) is 12.1. The third-order valence-corrected chi connectivity index (χ3v) is 2.29. The Morgan fingerprint density at radius 1 is 1.36 bits per heavy atom. The van der Waals surface area contributed by atoms with E-state index in [-0.39, 0.29) is 5.91 Å². The summed E-state index contributed by atoms with van der Waals surface area (Å²) in [5, 5.41) is 2.87. The number of carbonyl (C=O) groups excluding carboxylic acids is 1. The van der Waals surface area contributed by atoms with Crippen molar-refractivity contribution in [1.29, 1.82) is 0 Å². The van der Waals surface area contributed by atoms with Crippen molar-refractivity contribution in [3.8, 4) is 0 Å². The molecule has 1 aromatic rings. The molecule has 0 aliphatic carbocycles. The highest BCUT2D eigenvalue weighted by atomic mass is 16.1. The lowest BCUT2D eigenvalue weighted by atomic mass is 10.1. The van der Waals surface area contributed by atoms with Gasteiger partial charge in [0.25, 0.3) is 0 Å². The van der Waals surface area contributed by atoms with Gasteiger partial charge in [-0.2, -0.15) is 0 Å². The summed E-state index contributed by atoms with van der Waals surface area (Å²) in [6, 6.07) is 9.56. The van der Waals surface area contributed by atoms with Crippen molar-refractivity contribution < 1.29 is 4.79 Å². The first-order valence-corrected chi connectivity index (χ1v) is 5.07. The number of hydrogen-bond acceptors (Lipinski definition) is 1. The summed E-state index contributed by atoms with van der Waals surface area (Å²) in [5.41, 5.74) is 0.876. The summed E-state index contributed by atoms with van der Waals surface area (Å²) in [6.45, 7) is 4.19. The van der Waals surface area contributed by atoms with Crippen LogP contribution < -0.4 is 5.32 Å². The van der Waals surface area contributed by atoms with Crippen LogP contribution in [0.25, 0.3) is 0 Å². The third-order valence-electron chi connectivity index (χ3n) is 2.29. The fourth-order valence-corrected chi connectivity index (χ4v) is 1.19. The Hall–Kier alpha value is -1.31. The van der Waals surface area contributed by atoms with Gasteiger partial charge in [0.15, 0.2) is 0 Å². The van der Waals surface area contributed by atoms with Gasteiger partial charge in [0.2, 0.25) is 5.91 Å². The maximum atomic E-state index is 11.5. The molecule has 0 bridgehead atoms. The molecule has 0 aliphatic heterocycles. The molecular weight excluding hydrogens is 174 g/mol. The molecule has 2 heteroatoms. The molecule has 1 amide bonds. The highest BCUT2D eigenvalue weighted by Crippen LogP contribution is 2.10. The molecule has 1 unspecified atom stereocenters. The summed E-state index contributed by atoms with van der Waals surface area (Å²) < 4.78 is 0. The summed E-state index contributed by atoms with van der Waals surface area (Å²) in [4.78, 5) is 11.5. The molecule has 1 N–H and O–H groups in total. The van der Waals surface area contributed by atoms with Crippen molar-refractivity contribution in [2.45, 2.75) is 26.7 Å². The second kappa shape index (κ2) is 5.43. The minimum atomic E-state index is 0.102. The van der Waals surface area contributed by atoms with E-state index in [4.69, 9.17) is 0 Å². The fraction of sp³-hybridized carbons (Fsp3) is 0.417. The summed E-state index contributed by atoms with van der Waals surface area (Å²) in [7, 11) is 0. The monoisotopic (exact) mass is 191 g/mol. The van der Waals surface area contributed by atoms with Crippen molar-refractivity contribution >= 4 is 11.6 Å². The standard InChI is InChI=1S/C12H17NO/c1-3-10(2)9-12(14)13-11-7-5-4-6-8-11/h4-8,10H,3,9H2,1-2H3,(H,13,14). The van der Waals surface area contributed by atoms with Gasteiger partial charge < -0.3 is 5.32 Å². The molecular formula is C12H17NO. The van der Waals surface area contributed by atoms with Crippen molar-refractivity contribution in [2.75, 3.05) is 5.32 Å². The van der Waals surface area contributed by atoms with E-state index in [2.05, 4.69) is 19.2 Å². The zero-order valence-corrected chi connectivity index (χ0v) is 8.79. The molecule has 1 rings (SSSR count). The van der Waals surface area contributed by atoms with Gasteiger partial charge >= 0.3 is 0 Å². The van der Waals surface area contributed by atoms with Crippen LogP contribution in [0.5, 0.6) is 0 Å². The lowest BCUT2D eigenvalue weighted by molar-refractivity contribution is -0.117. The van der Waals surface area contributed by atoms with Crippen LogP contribution in [0.4, 0.5) is 5.69 Å². The number of nitrogens with one attached hydrogen (secondary N) is 1. The summed E-state index contributed by atoms with van der Waals surface area (Å²) >= 11 is 0. The minimum Gasteiger partial charge on any atom is -0.326 e. The fourth-order valence-electron chi connectivity index (χ4n) is 1.19. The number of anilines is 1. The van der Waals surface area contributed by atoms with Crippen molar-refractivity contribution in [3.05, 3.63) is 30.3 Å². The maximum absolute atomic E-state index is 11.5. The Bertz CT molecular complexity index is 282. The first kappa shape index (κ1) is 10.8. The second-order valence-electron chi connectivity index (χ2n) is 3.63. The van der Waals surface area contributed by atoms with E-state index >= 15 is 0 Å². The number of para-hydroxylation sites is 1.